The van der Waals surface area contributed by atoms with Crippen LogP contribution in [-0.4, -0.2) is 11.3 Å². The Labute approximate surface area is 83.0 Å². The zero-order valence-corrected chi connectivity index (χ0v) is 7.51. The van der Waals surface area contributed by atoms with E-state index in [1.807, 2.05) is 0 Å². The average molecular weight is 222 g/mol. The van der Waals surface area contributed by atoms with E-state index in [0.29, 0.717) is 0 Å². The Morgan fingerprint density at radius 2 is 1.93 bits per heavy atom. The molecule has 1 aromatic rings. The highest BCUT2D eigenvalue weighted by atomic mass is 19.4. The number of hydrogen-bond acceptors (Lipinski definition) is 5. The molecule has 0 aromatic carbocycles. The number of rotatable bonds is 2. The lowest BCUT2D eigenvalue weighted by Crippen LogP contribution is -2.19. The Balaban J connectivity index is 3.06. The van der Waals surface area contributed by atoms with Crippen molar-refractivity contribution in [1.29, 1.82) is 0 Å². The summed E-state index contributed by atoms with van der Waals surface area (Å²) in [6, 6.07) is 0.891. The first kappa shape index (κ1) is 11.4. The molecular weight excluding hydrogens is 213 g/mol. The first-order valence-corrected chi connectivity index (χ1v) is 3.84. The Kier molecular flexibility index (Phi) is 2.89. The van der Waals surface area contributed by atoms with E-state index in [1.165, 1.54) is 0 Å². The van der Waals surface area contributed by atoms with Gasteiger partial charge in [0.2, 0.25) is 5.88 Å². The Morgan fingerprint density at radius 3 is 2.40 bits per heavy atom. The first-order valence-electron chi connectivity index (χ1n) is 3.84. The van der Waals surface area contributed by atoms with Gasteiger partial charge in [0.15, 0.2) is 0 Å². The molecule has 0 spiro atoms. The van der Waals surface area contributed by atoms with Gasteiger partial charge in [-0.3, -0.25) is 0 Å². The van der Waals surface area contributed by atoms with Crippen molar-refractivity contribution in [3.8, 4) is 5.88 Å². The number of nitrogens with zero attached hydrogens (tertiary/aromatic N) is 1. The van der Waals surface area contributed by atoms with Crippen LogP contribution >= 0.6 is 0 Å². The van der Waals surface area contributed by atoms with E-state index < -0.39 is 12.2 Å². The van der Waals surface area contributed by atoms with Crippen LogP contribution in [0.2, 0.25) is 0 Å². The van der Waals surface area contributed by atoms with Crippen LogP contribution in [0.15, 0.2) is 6.07 Å². The Hall–Kier alpha value is -1.70. The van der Waals surface area contributed by atoms with Crippen molar-refractivity contribution >= 4 is 11.4 Å². The van der Waals surface area contributed by atoms with E-state index in [4.69, 9.17) is 17.2 Å². The van der Waals surface area contributed by atoms with Crippen molar-refractivity contribution in [2.45, 2.75) is 12.9 Å². The summed E-state index contributed by atoms with van der Waals surface area (Å²) in [4.78, 5) is 3.46. The number of nitrogens with two attached hydrogens (primary N) is 3. The van der Waals surface area contributed by atoms with E-state index in [0.717, 1.165) is 6.07 Å². The van der Waals surface area contributed by atoms with Crippen LogP contribution in [0.5, 0.6) is 5.88 Å². The SMILES string of the molecule is NCc1nc(OC(F)(F)F)cc(N)c1N. The molecule has 1 heterocycles. The fourth-order valence-electron chi connectivity index (χ4n) is 0.929. The lowest BCUT2D eigenvalue weighted by atomic mass is 10.2. The molecule has 0 saturated heterocycles. The second kappa shape index (κ2) is 3.81. The molecule has 0 fully saturated rings. The van der Waals surface area contributed by atoms with E-state index in [9.17, 15) is 13.2 Å². The van der Waals surface area contributed by atoms with Crippen molar-refractivity contribution in [2.75, 3.05) is 11.5 Å². The van der Waals surface area contributed by atoms with Gasteiger partial charge in [-0.15, -0.1) is 13.2 Å². The molecule has 0 bridgehead atoms. The maximum atomic E-state index is 11.8. The number of alkyl halides is 3. The van der Waals surface area contributed by atoms with Crippen molar-refractivity contribution in [3.63, 3.8) is 0 Å². The number of anilines is 2. The van der Waals surface area contributed by atoms with Gasteiger partial charge in [-0.2, -0.15) is 0 Å². The standard InChI is InChI=1S/C7H9F3N4O/c8-7(9,10)15-5-1-3(12)6(13)4(2-11)14-5/h1H,2,11,13H2,(H2,12,14). The fourth-order valence-corrected chi connectivity index (χ4v) is 0.929. The van der Waals surface area contributed by atoms with E-state index in [1.54, 1.807) is 0 Å². The molecule has 5 nitrogen and oxygen atoms in total. The van der Waals surface area contributed by atoms with Crippen molar-refractivity contribution in [3.05, 3.63) is 11.8 Å². The molecule has 8 heteroatoms. The van der Waals surface area contributed by atoms with Crippen LogP contribution in [0.25, 0.3) is 0 Å². The van der Waals surface area contributed by atoms with Crippen LogP contribution < -0.4 is 21.9 Å². The highest BCUT2D eigenvalue weighted by Gasteiger charge is 2.32. The van der Waals surface area contributed by atoms with Gasteiger partial charge in [-0.05, 0) is 0 Å². The predicted molar refractivity (Wildman–Crippen MR) is 47.6 cm³/mol. The smallest absolute Gasteiger partial charge is 0.397 e. The molecule has 84 valence electrons. The second-order valence-corrected chi connectivity index (χ2v) is 2.66. The Morgan fingerprint density at radius 1 is 1.33 bits per heavy atom. The zero-order valence-electron chi connectivity index (χ0n) is 7.51. The molecule has 0 radical (unpaired) electrons. The number of aromatic nitrogens is 1. The molecule has 0 aliphatic rings. The van der Waals surface area contributed by atoms with E-state index >= 15 is 0 Å². The number of pyridine rings is 1. The first-order chi connectivity index (χ1) is 6.83. The summed E-state index contributed by atoms with van der Waals surface area (Å²) in [7, 11) is 0. The minimum Gasteiger partial charge on any atom is -0.397 e. The fraction of sp³-hybridized carbons (Fsp3) is 0.286. The van der Waals surface area contributed by atoms with Gasteiger partial charge >= 0.3 is 6.36 Å². The van der Waals surface area contributed by atoms with E-state index in [2.05, 4.69) is 9.72 Å². The van der Waals surface area contributed by atoms with Gasteiger partial charge in [0, 0.05) is 12.6 Å². The molecule has 15 heavy (non-hydrogen) atoms. The third kappa shape index (κ3) is 2.88. The molecule has 6 N–H and O–H groups in total. The lowest BCUT2D eigenvalue weighted by molar-refractivity contribution is -0.276. The van der Waals surface area contributed by atoms with Crippen LogP contribution in [-0.2, 0) is 6.54 Å². The summed E-state index contributed by atoms with van der Waals surface area (Å²) in [5.74, 6) is -0.672. The second-order valence-electron chi connectivity index (χ2n) is 2.66. The third-order valence-electron chi connectivity index (χ3n) is 1.56. The summed E-state index contributed by atoms with van der Waals surface area (Å²) in [6.45, 7) is -0.120. The zero-order chi connectivity index (χ0) is 11.6. The summed E-state index contributed by atoms with van der Waals surface area (Å²) < 4.78 is 39.1. The average Bonchev–Trinajstić information content (AvgIpc) is 2.08. The normalized spacial score (nSPS) is 11.5. The van der Waals surface area contributed by atoms with Gasteiger partial charge in [0.1, 0.15) is 0 Å². The monoisotopic (exact) mass is 222 g/mol. The number of halogens is 3. The summed E-state index contributed by atoms with van der Waals surface area (Å²) in [6.07, 6.45) is -4.82. The number of hydrogen-bond donors (Lipinski definition) is 3. The van der Waals surface area contributed by atoms with Gasteiger partial charge in [-0.25, -0.2) is 4.98 Å². The van der Waals surface area contributed by atoms with Gasteiger partial charge in [0.25, 0.3) is 0 Å². The molecule has 0 saturated carbocycles. The minimum atomic E-state index is -4.82. The van der Waals surface area contributed by atoms with Gasteiger partial charge in [0.05, 0.1) is 17.1 Å². The van der Waals surface area contributed by atoms with Gasteiger partial charge in [-0.1, -0.05) is 0 Å². The maximum Gasteiger partial charge on any atom is 0.574 e. The molecule has 0 amide bonds. The largest absolute Gasteiger partial charge is 0.574 e. The molecule has 0 aliphatic carbocycles. The van der Waals surface area contributed by atoms with Gasteiger partial charge < -0.3 is 21.9 Å². The Bertz CT molecular complexity index is 366. The van der Waals surface area contributed by atoms with Crippen LogP contribution in [0.1, 0.15) is 5.69 Å². The molecular formula is C7H9F3N4O. The van der Waals surface area contributed by atoms with Crippen molar-refractivity contribution in [2.24, 2.45) is 5.73 Å². The summed E-state index contributed by atoms with van der Waals surface area (Å²) in [5, 5.41) is 0. The van der Waals surface area contributed by atoms with Crippen LogP contribution in [0.3, 0.4) is 0 Å². The van der Waals surface area contributed by atoms with E-state index in [-0.39, 0.29) is 23.6 Å². The highest BCUT2D eigenvalue weighted by Crippen LogP contribution is 2.27. The maximum absolute atomic E-state index is 11.8. The van der Waals surface area contributed by atoms with Crippen molar-refractivity contribution < 1.29 is 17.9 Å². The molecule has 0 atom stereocenters. The summed E-state index contributed by atoms with van der Waals surface area (Å²) in [5.41, 5.74) is 16.1. The molecule has 1 aromatic heterocycles. The van der Waals surface area contributed by atoms with Crippen LogP contribution in [0, 0.1) is 0 Å². The number of ether oxygens (including phenoxy) is 1. The number of nitrogen functional groups attached to an aromatic ring is 2. The molecule has 0 aliphatic heterocycles. The highest BCUT2D eigenvalue weighted by molar-refractivity contribution is 5.66. The quantitative estimate of drug-likeness (QED) is 0.680. The topological polar surface area (TPSA) is 100 Å². The minimum absolute atomic E-state index is 0.0512. The lowest BCUT2D eigenvalue weighted by Gasteiger charge is -2.11. The molecule has 0 unspecified atom stereocenters. The molecule has 1 rings (SSSR count). The van der Waals surface area contributed by atoms with Crippen LogP contribution in [0.4, 0.5) is 24.5 Å². The predicted octanol–water partition coefficient (Wildman–Crippen LogP) is 0.603. The van der Waals surface area contributed by atoms with Crippen molar-refractivity contribution in [1.82, 2.24) is 4.98 Å². The third-order valence-corrected chi connectivity index (χ3v) is 1.56. The summed E-state index contributed by atoms with van der Waals surface area (Å²) >= 11 is 0.